The highest BCUT2D eigenvalue weighted by molar-refractivity contribution is 5.74. The van der Waals surface area contributed by atoms with Gasteiger partial charge in [-0.25, -0.2) is 15.0 Å². The zero-order valence-electron chi connectivity index (χ0n) is 12.5. The highest BCUT2D eigenvalue weighted by Gasteiger charge is 2.41. The van der Waals surface area contributed by atoms with E-state index in [4.69, 9.17) is 10.5 Å². The number of nitrogens with two attached hydrogens (primary N) is 1. The van der Waals surface area contributed by atoms with Crippen molar-refractivity contribution in [3.8, 4) is 11.1 Å². The van der Waals surface area contributed by atoms with Crippen molar-refractivity contribution < 1.29 is 4.74 Å². The van der Waals surface area contributed by atoms with Gasteiger partial charge in [-0.2, -0.15) is 0 Å². The van der Waals surface area contributed by atoms with Crippen LogP contribution in [0.2, 0.25) is 0 Å². The maximum absolute atomic E-state index is 5.74. The summed E-state index contributed by atoms with van der Waals surface area (Å²) >= 11 is 0. The minimum Gasteiger partial charge on any atom is -0.463 e. The van der Waals surface area contributed by atoms with Crippen molar-refractivity contribution in [3.05, 3.63) is 48.0 Å². The predicted octanol–water partition coefficient (Wildman–Crippen LogP) is 2.28. The number of aliphatic imine (C=N–C) groups is 1. The summed E-state index contributed by atoms with van der Waals surface area (Å²) in [5.41, 5.74) is 10.4. The Morgan fingerprint density at radius 3 is 2.77 bits per heavy atom. The number of amidine groups is 1. The van der Waals surface area contributed by atoms with Crippen LogP contribution in [0.1, 0.15) is 30.4 Å². The minimum atomic E-state index is -0.192. The molecule has 112 valence electrons. The van der Waals surface area contributed by atoms with Crippen LogP contribution in [-0.4, -0.2) is 28.1 Å². The average molecular weight is 294 g/mol. The minimum absolute atomic E-state index is 0.192. The van der Waals surface area contributed by atoms with Crippen molar-refractivity contribution in [2.24, 2.45) is 10.7 Å². The van der Waals surface area contributed by atoms with Crippen LogP contribution in [0.4, 0.5) is 0 Å². The number of benzene rings is 1. The molecule has 0 saturated heterocycles. The van der Waals surface area contributed by atoms with Crippen LogP contribution in [0.25, 0.3) is 11.1 Å². The van der Waals surface area contributed by atoms with E-state index in [2.05, 4.69) is 40.1 Å². The van der Waals surface area contributed by atoms with E-state index in [1.807, 2.05) is 12.4 Å². The van der Waals surface area contributed by atoms with Crippen LogP contribution in [0.15, 0.2) is 41.9 Å². The molecule has 0 saturated carbocycles. The number of rotatable bonds is 1. The summed E-state index contributed by atoms with van der Waals surface area (Å²) in [6.45, 7) is 2.83. The molecule has 2 heterocycles. The normalized spacial score (nSPS) is 26.4. The van der Waals surface area contributed by atoms with Gasteiger partial charge in [0.25, 0.3) is 6.02 Å². The van der Waals surface area contributed by atoms with Gasteiger partial charge in [-0.15, -0.1) is 0 Å². The van der Waals surface area contributed by atoms with Gasteiger partial charge < -0.3 is 10.5 Å². The molecule has 1 aliphatic heterocycles. The monoisotopic (exact) mass is 294 g/mol. The summed E-state index contributed by atoms with van der Waals surface area (Å²) in [4.78, 5) is 12.8. The van der Waals surface area contributed by atoms with Gasteiger partial charge in [-0.1, -0.05) is 25.1 Å². The molecule has 1 aliphatic carbocycles. The predicted molar refractivity (Wildman–Crippen MR) is 84.5 cm³/mol. The Hall–Kier alpha value is -2.43. The summed E-state index contributed by atoms with van der Waals surface area (Å²) in [7, 11) is 0. The average Bonchev–Trinajstić information content (AvgIpc) is 2.87. The van der Waals surface area contributed by atoms with Gasteiger partial charge in [0, 0.05) is 24.4 Å². The first-order chi connectivity index (χ1) is 10.7. The molecule has 2 N–H and O–H groups in total. The van der Waals surface area contributed by atoms with Crippen molar-refractivity contribution in [3.63, 3.8) is 0 Å². The molecule has 0 fully saturated rings. The van der Waals surface area contributed by atoms with E-state index < -0.39 is 0 Å². The molecule has 0 amide bonds. The van der Waals surface area contributed by atoms with E-state index in [-0.39, 0.29) is 5.54 Å². The third-order valence-corrected chi connectivity index (χ3v) is 4.61. The molecule has 2 atom stereocenters. The summed E-state index contributed by atoms with van der Waals surface area (Å²) in [6.07, 6.45) is 7.08. The number of aromatic nitrogens is 2. The first-order valence-corrected chi connectivity index (χ1v) is 7.52. The maximum atomic E-state index is 5.74. The highest BCUT2D eigenvalue weighted by atomic mass is 16.5. The number of hydrogen-bond donors (Lipinski definition) is 1. The van der Waals surface area contributed by atoms with Crippen LogP contribution in [0.5, 0.6) is 0 Å². The Kier molecular flexibility index (Phi) is 2.89. The van der Waals surface area contributed by atoms with Gasteiger partial charge in [0.1, 0.15) is 18.5 Å². The smallest absolute Gasteiger partial charge is 0.282 e. The molecule has 5 heteroatoms. The molecule has 2 aromatic rings. The molecular formula is C17H18N4O. The largest absolute Gasteiger partial charge is 0.463 e. The fourth-order valence-electron chi connectivity index (χ4n) is 3.68. The molecule has 1 spiro atoms. The fourth-order valence-corrected chi connectivity index (χ4v) is 3.68. The maximum Gasteiger partial charge on any atom is 0.282 e. The summed E-state index contributed by atoms with van der Waals surface area (Å²) in [6, 6.07) is 6.92. The lowest BCUT2D eigenvalue weighted by molar-refractivity contribution is 0.225. The highest BCUT2D eigenvalue weighted by Crippen LogP contribution is 2.42. The number of ether oxygens (including phenoxy) is 1. The van der Waals surface area contributed by atoms with Crippen molar-refractivity contribution in [1.29, 1.82) is 0 Å². The number of fused-ring (bicyclic) bond motifs is 1. The summed E-state index contributed by atoms with van der Waals surface area (Å²) in [5.74, 6) is 0.447. The van der Waals surface area contributed by atoms with Gasteiger partial charge >= 0.3 is 0 Å². The Morgan fingerprint density at radius 1 is 1.23 bits per heavy atom. The van der Waals surface area contributed by atoms with Crippen LogP contribution in [0, 0.1) is 0 Å². The van der Waals surface area contributed by atoms with Crippen LogP contribution in [0.3, 0.4) is 0 Å². The molecule has 1 aromatic heterocycles. The van der Waals surface area contributed by atoms with E-state index in [0.29, 0.717) is 18.5 Å². The third kappa shape index (κ3) is 2.13. The first-order valence-electron chi connectivity index (χ1n) is 7.52. The lowest BCUT2D eigenvalue weighted by atomic mass is 9.73. The van der Waals surface area contributed by atoms with Crippen LogP contribution in [-0.2, 0) is 11.2 Å². The molecule has 0 bridgehead atoms. The van der Waals surface area contributed by atoms with Crippen LogP contribution >= 0.6 is 0 Å². The standard InChI is InChI=1S/C17H18N4O/c1-11-5-17(9-22-16(18)21-17)6-13-4-12(2-3-15(11)13)14-7-19-10-20-8-14/h2-4,7-8,10-11H,5-6,9H2,1H3,(H2,18,21). The quantitative estimate of drug-likeness (QED) is 0.875. The Labute approximate surface area is 129 Å². The second-order valence-corrected chi connectivity index (χ2v) is 6.29. The second-order valence-electron chi connectivity index (χ2n) is 6.29. The van der Waals surface area contributed by atoms with Gasteiger partial charge in [-0.05, 0) is 29.0 Å². The summed E-state index contributed by atoms with van der Waals surface area (Å²) in [5, 5.41) is 0. The molecular weight excluding hydrogens is 276 g/mol. The van der Waals surface area contributed by atoms with Gasteiger partial charge in [0.2, 0.25) is 0 Å². The lowest BCUT2D eigenvalue weighted by Gasteiger charge is -2.34. The second kappa shape index (κ2) is 4.80. The molecule has 2 unspecified atom stereocenters. The van der Waals surface area contributed by atoms with Gasteiger partial charge in [0.05, 0.1) is 0 Å². The third-order valence-electron chi connectivity index (χ3n) is 4.61. The molecule has 4 rings (SSSR count). The van der Waals surface area contributed by atoms with E-state index in [9.17, 15) is 0 Å². The Bertz CT molecular complexity index is 744. The zero-order valence-corrected chi connectivity index (χ0v) is 12.5. The SMILES string of the molecule is CC1CC2(COC(N)=N2)Cc2cc(-c3cncnc3)ccc21. The summed E-state index contributed by atoms with van der Waals surface area (Å²) < 4.78 is 5.43. The topological polar surface area (TPSA) is 73.4 Å². The lowest BCUT2D eigenvalue weighted by Crippen LogP contribution is -2.36. The van der Waals surface area contributed by atoms with Crippen molar-refractivity contribution >= 4 is 6.02 Å². The van der Waals surface area contributed by atoms with E-state index in [0.717, 1.165) is 24.0 Å². The fraction of sp³-hybridized carbons (Fsp3) is 0.353. The first kappa shape index (κ1) is 13.2. The molecule has 0 radical (unpaired) electrons. The zero-order chi connectivity index (χ0) is 15.2. The van der Waals surface area contributed by atoms with Crippen molar-refractivity contribution in [2.75, 3.05) is 6.61 Å². The molecule has 5 nitrogen and oxygen atoms in total. The van der Waals surface area contributed by atoms with Crippen molar-refractivity contribution in [2.45, 2.75) is 31.2 Å². The number of hydrogen-bond acceptors (Lipinski definition) is 5. The van der Waals surface area contributed by atoms with E-state index in [1.165, 1.54) is 11.1 Å². The van der Waals surface area contributed by atoms with Gasteiger partial charge in [0.15, 0.2) is 0 Å². The van der Waals surface area contributed by atoms with Crippen LogP contribution < -0.4 is 5.73 Å². The number of nitrogens with zero attached hydrogens (tertiary/aromatic N) is 3. The Morgan fingerprint density at radius 2 is 2.05 bits per heavy atom. The van der Waals surface area contributed by atoms with E-state index >= 15 is 0 Å². The molecule has 1 aromatic carbocycles. The van der Waals surface area contributed by atoms with E-state index in [1.54, 1.807) is 6.33 Å². The molecule has 22 heavy (non-hydrogen) atoms. The van der Waals surface area contributed by atoms with Gasteiger partial charge in [-0.3, -0.25) is 0 Å². The Balaban J connectivity index is 1.75. The molecule has 2 aliphatic rings. The van der Waals surface area contributed by atoms with Crippen molar-refractivity contribution in [1.82, 2.24) is 9.97 Å².